The van der Waals surface area contributed by atoms with Crippen LogP contribution in [-0.4, -0.2) is 53.4 Å². The highest BCUT2D eigenvalue weighted by Gasteiger charge is 2.38. The predicted octanol–water partition coefficient (Wildman–Crippen LogP) is 2.00. The molecule has 1 aliphatic rings. The fourth-order valence-electron chi connectivity index (χ4n) is 3.71. The van der Waals surface area contributed by atoms with Crippen LogP contribution in [0.5, 0.6) is 5.88 Å². The van der Waals surface area contributed by atoms with E-state index in [4.69, 9.17) is 4.74 Å². The van der Waals surface area contributed by atoms with Gasteiger partial charge in [-0.15, -0.1) is 0 Å². The number of pyridine rings is 1. The van der Waals surface area contributed by atoms with E-state index in [2.05, 4.69) is 30.4 Å². The number of anilines is 1. The molecule has 4 heterocycles. The largest absolute Gasteiger partial charge is 0.480 e. The maximum atomic E-state index is 9.90. The minimum atomic E-state index is -0.605. The molecule has 5 rings (SSSR count). The van der Waals surface area contributed by atoms with Crippen LogP contribution in [0.2, 0.25) is 0 Å². The Labute approximate surface area is 154 Å². The van der Waals surface area contributed by atoms with Crippen molar-refractivity contribution in [2.75, 3.05) is 12.4 Å². The van der Waals surface area contributed by atoms with E-state index >= 15 is 0 Å². The van der Waals surface area contributed by atoms with Crippen molar-refractivity contribution >= 4 is 22.6 Å². The smallest absolute Gasteiger partial charge is 0.228 e. The lowest BCUT2D eigenvalue weighted by atomic mass is 9.77. The number of nitrogens with zero attached hydrogens (tertiary/aromatic N) is 5. The second-order valence-electron chi connectivity index (χ2n) is 7.21. The number of hydrogen-bond acceptors (Lipinski definition) is 7. The number of ether oxygens (including phenoxy) is 1. The zero-order chi connectivity index (χ0) is 18.6. The number of nitrogens with one attached hydrogen (secondary N) is 2. The standard InChI is InChI=1S/C18H19N7O2/c1-18(26)6-11(7-18)22-17-23-15-14(16(24-17)27-2)12(8-19-15)10-3-4-25-13(5-10)20-9-21-25/h3-5,8-9,11,26H,6-7H2,1-2H3,(H2,19,22,23,24). The summed E-state index contributed by atoms with van der Waals surface area (Å²) in [6.07, 6.45) is 6.62. The van der Waals surface area contributed by atoms with Crippen LogP contribution in [-0.2, 0) is 0 Å². The van der Waals surface area contributed by atoms with E-state index in [1.165, 1.54) is 6.33 Å². The van der Waals surface area contributed by atoms with Gasteiger partial charge < -0.3 is 20.1 Å². The van der Waals surface area contributed by atoms with E-state index in [9.17, 15) is 5.11 Å². The van der Waals surface area contributed by atoms with Gasteiger partial charge in [0.15, 0.2) is 5.65 Å². The lowest BCUT2D eigenvalue weighted by molar-refractivity contribution is -0.0236. The van der Waals surface area contributed by atoms with E-state index in [1.54, 1.807) is 11.6 Å². The molecule has 27 heavy (non-hydrogen) atoms. The van der Waals surface area contributed by atoms with Crippen molar-refractivity contribution in [1.29, 1.82) is 0 Å². The van der Waals surface area contributed by atoms with E-state index in [0.29, 0.717) is 30.3 Å². The summed E-state index contributed by atoms with van der Waals surface area (Å²) < 4.78 is 7.25. The van der Waals surface area contributed by atoms with Crippen LogP contribution < -0.4 is 10.1 Å². The van der Waals surface area contributed by atoms with E-state index in [-0.39, 0.29) is 6.04 Å². The Morgan fingerprint density at radius 1 is 1.37 bits per heavy atom. The average Bonchev–Trinajstić information content (AvgIpc) is 3.25. The molecule has 4 aromatic rings. The van der Waals surface area contributed by atoms with Crippen molar-refractivity contribution in [2.45, 2.75) is 31.4 Å². The minimum Gasteiger partial charge on any atom is -0.480 e. The van der Waals surface area contributed by atoms with Crippen molar-refractivity contribution in [3.05, 3.63) is 30.9 Å². The van der Waals surface area contributed by atoms with E-state index in [0.717, 1.165) is 22.2 Å². The topological polar surface area (TPSA) is 113 Å². The fourth-order valence-corrected chi connectivity index (χ4v) is 3.71. The molecule has 138 valence electrons. The maximum Gasteiger partial charge on any atom is 0.228 e. The Bertz CT molecular complexity index is 1140. The van der Waals surface area contributed by atoms with Gasteiger partial charge in [-0.25, -0.2) is 9.50 Å². The molecule has 3 N–H and O–H groups in total. The van der Waals surface area contributed by atoms with Crippen molar-refractivity contribution in [3.8, 4) is 17.0 Å². The van der Waals surface area contributed by atoms with Crippen LogP contribution >= 0.6 is 0 Å². The van der Waals surface area contributed by atoms with Gasteiger partial charge in [-0.2, -0.15) is 15.1 Å². The number of H-pyrrole nitrogens is 1. The number of aromatic amines is 1. The molecule has 0 radical (unpaired) electrons. The number of methoxy groups -OCH3 is 1. The zero-order valence-electron chi connectivity index (χ0n) is 15.0. The first kappa shape index (κ1) is 16.0. The number of rotatable bonds is 4. The maximum absolute atomic E-state index is 9.90. The first-order valence-corrected chi connectivity index (χ1v) is 8.74. The molecule has 0 bridgehead atoms. The van der Waals surface area contributed by atoms with Crippen molar-refractivity contribution < 1.29 is 9.84 Å². The van der Waals surface area contributed by atoms with Gasteiger partial charge in [0.2, 0.25) is 11.8 Å². The summed E-state index contributed by atoms with van der Waals surface area (Å²) >= 11 is 0. The highest BCUT2D eigenvalue weighted by molar-refractivity contribution is 5.98. The molecule has 0 atom stereocenters. The van der Waals surface area contributed by atoms with Gasteiger partial charge in [-0.1, -0.05) is 0 Å². The molecule has 0 aromatic carbocycles. The van der Waals surface area contributed by atoms with E-state index in [1.807, 2.05) is 31.5 Å². The highest BCUT2D eigenvalue weighted by Crippen LogP contribution is 2.36. The first-order chi connectivity index (χ1) is 13.0. The summed E-state index contributed by atoms with van der Waals surface area (Å²) in [4.78, 5) is 16.5. The fraction of sp³-hybridized carbons (Fsp3) is 0.333. The third kappa shape index (κ3) is 2.67. The lowest BCUT2D eigenvalue weighted by Gasteiger charge is -2.41. The number of aromatic nitrogens is 6. The Hall–Kier alpha value is -3.20. The van der Waals surface area contributed by atoms with Crippen LogP contribution in [0.1, 0.15) is 19.8 Å². The van der Waals surface area contributed by atoms with Gasteiger partial charge in [0, 0.05) is 24.0 Å². The second-order valence-corrected chi connectivity index (χ2v) is 7.21. The molecule has 0 aliphatic heterocycles. The molecule has 1 saturated carbocycles. The quantitative estimate of drug-likeness (QED) is 0.507. The third-order valence-electron chi connectivity index (χ3n) is 4.99. The number of aliphatic hydroxyl groups is 1. The molecule has 0 saturated heterocycles. The Morgan fingerprint density at radius 3 is 3.00 bits per heavy atom. The molecule has 1 fully saturated rings. The van der Waals surface area contributed by atoms with Crippen LogP contribution in [0.3, 0.4) is 0 Å². The predicted molar refractivity (Wildman–Crippen MR) is 99.7 cm³/mol. The monoisotopic (exact) mass is 365 g/mol. The molecule has 1 aliphatic carbocycles. The summed E-state index contributed by atoms with van der Waals surface area (Å²) in [7, 11) is 1.60. The minimum absolute atomic E-state index is 0.159. The average molecular weight is 365 g/mol. The lowest BCUT2D eigenvalue weighted by Crippen LogP contribution is -2.48. The zero-order valence-corrected chi connectivity index (χ0v) is 15.0. The second kappa shape index (κ2) is 5.65. The van der Waals surface area contributed by atoms with Crippen molar-refractivity contribution in [1.82, 2.24) is 29.5 Å². The first-order valence-electron chi connectivity index (χ1n) is 8.74. The van der Waals surface area contributed by atoms with Crippen molar-refractivity contribution in [3.63, 3.8) is 0 Å². The summed E-state index contributed by atoms with van der Waals surface area (Å²) in [6.45, 7) is 1.83. The van der Waals surface area contributed by atoms with Gasteiger partial charge in [0.05, 0.1) is 18.1 Å². The summed E-state index contributed by atoms with van der Waals surface area (Å²) in [5, 5.41) is 18.1. The Balaban J connectivity index is 1.55. The summed E-state index contributed by atoms with van der Waals surface area (Å²) in [5.41, 5.74) is 2.75. The van der Waals surface area contributed by atoms with Crippen LogP contribution in [0.25, 0.3) is 27.8 Å². The highest BCUT2D eigenvalue weighted by atomic mass is 16.5. The van der Waals surface area contributed by atoms with Crippen LogP contribution in [0, 0.1) is 0 Å². The van der Waals surface area contributed by atoms with Gasteiger partial charge in [-0.3, -0.25) is 0 Å². The van der Waals surface area contributed by atoms with Gasteiger partial charge in [0.1, 0.15) is 12.0 Å². The molecule has 9 heteroatoms. The Kier molecular flexibility index (Phi) is 3.35. The molecular formula is C18H19N7O2. The van der Waals surface area contributed by atoms with Crippen molar-refractivity contribution in [2.24, 2.45) is 0 Å². The molecule has 9 nitrogen and oxygen atoms in total. The van der Waals surface area contributed by atoms with Gasteiger partial charge >= 0.3 is 0 Å². The van der Waals surface area contributed by atoms with Gasteiger partial charge in [0.25, 0.3) is 0 Å². The molecule has 0 spiro atoms. The molecular weight excluding hydrogens is 346 g/mol. The SMILES string of the molecule is COc1nc(NC2CC(C)(O)C2)nc2[nH]cc(-c3ccn4ncnc4c3)c12. The van der Waals surface area contributed by atoms with Gasteiger partial charge in [-0.05, 0) is 37.5 Å². The molecule has 0 amide bonds. The van der Waals surface area contributed by atoms with E-state index < -0.39 is 5.60 Å². The number of fused-ring (bicyclic) bond motifs is 2. The molecule has 4 aromatic heterocycles. The summed E-state index contributed by atoms with van der Waals surface area (Å²) in [5.74, 6) is 0.979. The van der Waals surface area contributed by atoms with Crippen LogP contribution in [0.15, 0.2) is 30.9 Å². The molecule has 0 unspecified atom stereocenters. The third-order valence-corrected chi connectivity index (χ3v) is 4.99. The Morgan fingerprint density at radius 2 is 2.22 bits per heavy atom. The number of hydrogen-bond donors (Lipinski definition) is 3. The summed E-state index contributed by atoms with van der Waals surface area (Å²) in [6, 6.07) is 4.08. The van der Waals surface area contributed by atoms with Crippen LogP contribution in [0.4, 0.5) is 5.95 Å². The normalized spacial score (nSPS) is 22.1.